The van der Waals surface area contributed by atoms with E-state index < -0.39 is 0 Å². The Kier molecular flexibility index (Phi) is 2.97. The largest absolute Gasteiger partial charge is 0.398 e. The van der Waals surface area contributed by atoms with Gasteiger partial charge >= 0.3 is 0 Å². The van der Waals surface area contributed by atoms with Gasteiger partial charge in [0.15, 0.2) is 0 Å². The van der Waals surface area contributed by atoms with Crippen molar-refractivity contribution in [2.75, 3.05) is 5.73 Å². The molecular weight excluding hydrogens is 270 g/mol. The molecule has 0 atom stereocenters. The summed E-state index contributed by atoms with van der Waals surface area (Å²) in [5.41, 5.74) is 10.2. The standard InChI is InChI=1S/C19H15N3/c20-18-2-1-3-19-17(18)10-14(11-22-19)8-13-4-5-16-12-21-7-6-15(16)9-13/h1-7,9-12H,8,20H2. The molecule has 0 unspecified atom stereocenters. The molecule has 0 aliphatic rings. The van der Waals surface area contributed by atoms with Crippen LogP contribution in [-0.4, -0.2) is 9.97 Å². The highest BCUT2D eigenvalue weighted by atomic mass is 14.7. The van der Waals surface area contributed by atoms with Crippen LogP contribution in [-0.2, 0) is 6.42 Å². The fourth-order valence-corrected chi connectivity index (χ4v) is 2.79. The number of hydrogen-bond acceptors (Lipinski definition) is 3. The average molecular weight is 285 g/mol. The Hall–Kier alpha value is -2.94. The van der Waals surface area contributed by atoms with Crippen molar-refractivity contribution in [3.63, 3.8) is 0 Å². The topological polar surface area (TPSA) is 51.8 Å². The molecule has 2 aromatic heterocycles. The van der Waals surface area contributed by atoms with Crippen molar-refractivity contribution in [2.45, 2.75) is 6.42 Å². The number of anilines is 1. The summed E-state index contributed by atoms with van der Waals surface area (Å²) in [4.78, 5) is 8.66. The molecule has 0 saturated heterocycles. The summed E-state index contributed by atoms with van der Waals surface area (Å²) in [6.07, 6.45) is 6.48. The summed E-state index contributed by atoms with van der Waals surface area (Å²) in [5.74, 6) is 0. The van der Waals surface area contributed by atoms with Crippen molar-refractivity contribution in [1.82, 2.24) is 9.97 Å². The van der Waals surface area contributed by atoms with Gasteiger partial charge in [0.25, 0.3) is 0 Å². The number of fused-ring (bicyclic) bond motifs is 2. The molecule has 0 saturated carbocycles. The summed E-state index contributed by atoms with van der Waals surface area (Å²) in [5, 5.41) is 3.39. The van der Waals surface area contributed by atoms with Gasteiger partial charge in [-0.3, -0.25) is 9.97 Å². The van der Waals surface area contributed by atoms with Crippen LogP contribution < -0.4 is 5.73 Å². The first-order valence-electron chi connectivity index (χ1n) is 7.25. The molecule has 0 aliphatic carbocycles. The minimum Gasteiger partial charge on any atom is -0.398 e. The van der Waals surface area contributed by atoms with Gasteiger partial charge in [-0.2, -0.15) is 0 Å². The van der Waals surface area contributed by atoms with Crippen molar-refractivity contribution >= 4 is 27.4 Å². The summed E-state index contributed by atoms with van der Waals surface area (Å²) < 4.78 is 0. The maximum absolute atomic E-state index is 6.05. The molecule has 0 spiro atoms. The van der Waals surface area contributed by atoms with Crippen molar-refractivity contribution in [3.8, 4) is 0 Å². The molecular formula is C19H15N3. The average Bonchev–Trinajstić information content (AvgIpc) is 2.56. The van der Waals surface area contributed by atoms with Crippen LogP contribution in [0, 0.1) is 0 Å². The molecule has 22 heavy (non-hydrogen) atoms. The van der Waals surface area contributed by atoms with Crippen LogP contribution in [0.25, 0.3) is 21.7 Å². The third kappa shape index (κ3) is 2.27. The normalized spacial score (nSPS) is 11.1. The van der Waals surface area contributed by atoms with E-state index in [0.29, 0.717) is 0 Å². The fourth-order valence-electron chi connectivity index (χ4n) is 2.79. The lowest BCUT2D eigenvalue weighted by Crippen LogP contribution is -1.93. The zero-order valence-corrected chi connectivity index (χ0v) is 12.0. The zero-order valence-electron chi connectivity index (χ0n) is 12.0. The number of nitrogen functional groups attached to an aromatic ring is 1. The Balaban J connectivity index is 1.73. The zero-order chi connectivity index (χ0) is 14.9. The minimum absolute atomic E-state index is 0.774. The van der Waals surface area contributed by atoms with E-state index in [-0.39, 0.29) is 0 Å². The van der Waals surface area contributed by atoms with E-state index in [1.54, 1.807) is 0 Å². The van der Waals surface area contributed by atoms with Gasteiger partial charge in [-0.25, -0.2) is 0 Å². The molecule has 3 nitrogen and oxygen atoms in total. The Morgan fingerprint density at radius 1 is 0.864 bits per heavy atom. The number of hydrogen-bond donors (Lipinski definition) is 1. The molecule has 106 valence electrons. The molecule has 0 aliphatic heterocycles. The number of rotatable bonds is 2. The predicted molar refractivity (Wildman–Crippen MR) is 90.7 cm³/mol. The molecule has 2 heterocycles. The van der Waals surface area contributed by atoms with Gasteiger partial charge in [-0.15, -0.1) is 0 Å². The quantitative estimate of drug-likeness (QED) is 0.567. The van der Waals surface area contributed by atoms with Gasteiger partial charge in [-0.1, -0.05) is 24.3 Å². The summed E-state index contributed by atoms with van der Waals surface area (Å²) in [6, 6.07) is 16.5. The van der Waals surface area contributed by atoms with Crippen molar-refractivity contribution in [3.05, 3.63) is 78.2 Å². The molecule has 3 heteroatoms. The van der Waals surface area contributed by atoms with E-state index in [4.69, 9.17) is 5.73 Å². The van der Waals surface area contributed by atoms with Crippen LogP contribution in [0.3, 0.4) is 0 Å². The van der Waals surface area contributed by atoms with Gasteiger partial charge < -0.3 is 5.73 Å². The van der Waals surface area contributed by atoms with E-state index in [0.717, 1.165) is 28.4 Å². The van der Waals surface area contributed by atoms with Gasteiger partial charge in [0.1, 0.15) is 0 Å². The highest BCUT2D eigenvalue weighted by Gasteiger charge is 2.03. The van der Waals surface area contributed by atoms with Gasteiger partial charge in [0.2, 0.25) is 0 Å². The fraction of sp³-hybridized carbons (Fsp3) is 0.0526. The maximum atomic E-state index is 6.05. The summed E-state index contributed by atoms with van der Waals surface area (Å²) in [7, 11) is 0. The Morgan fingerprint density at radius 2 is 1.82 bits per heavy atom. The third-order valence-electron chi connectivity index (χ3n) is 3.93. The highest BCUT2D eigenvalue weighted by molar-refractivity contribution is 5.90. The minimum atomic E-state index is 0.774. The number of aromatic nitrogens is 2. The van der Waals surface area contributed by atoms with E-state index >= 15 is 0 Å². The van der Waals surface area contributed by atoms with E-state index in [1.807, 2.05) is 42.9 Å². The second kappa shape index (κ2) is 5.11. The van der Waals surface area contributed by atoms with Crippen molar-refractivity contribution in [1.29, 1.82) is 0 Å². The number of benzene rings is 2. The maximum Gasteiger partial charge on any atom is 0.0722 e. The van der Waals surface area contributed by atoms with Crippen LogP contribution in [0.5, 0.6) is 0 Å². The van der Waals surface area contributed by atoms with Crippen molar-refractivity contribution in [2.24, 2.45) is 0 Å². The summed E-state index contributed by atoms with van der Waals surface area (Å²) >= 11 is 0. The van der Waals surface area contributed by atoms with Gasteiger partial charge in [0.05, 0.1) is 5.52 Å². The molecule has 0 radical (unpaired) electrons. The SMILES string of the molecule is Nc1cccc2ncc(Cc3ccc4cnccc4c3)cc12. The number of nitrogens with two attached hydrogens (primary N) is 1. The number of pyridine rings is 2. The third-order valence-corrected chi connectivity index (χ3v) is 3.93. The molecule has 0 amide bonds. The number of nitrogens with zero attached hydrogens (tertiary/aromatic N) is 2. The van der Waals surface area contributed by atoms with E-state index in [2.05, 4.69) is 34.2 Å². The van der Waals surface area contributed by atoms with Crippen LogP contribution in [0.4, 0.5) is 5.69 Å². The molecule has 2 aromatic carbocycles. The molecule has 4 aromatic rings. The second-order valence-electron chi connectivity index (χ2n) is 5.49. The first kappa shape index (κ1) is 12.8. The van der Waals surface area contributed by atoms with Crippen LogP contribution in [0.1, 0.15) is 11.1 Å². The van der Waals surface area contributed by atoms with Gasteiger partial charge in [0, 0.05) is 35.1 Å². The Bertz CT molecular complexity index is 976. The molecule has 2 N–H and O–H groups in total. The van der Waals surface area contributed by atoms with Crippen LogP contribution in [0.2, 0.25) is 0 Å². The van der Waals surface area contributed by atoms with E-state index in [9.17, 15) is 0 Å². The molecule has 4 rings (SSSR count). The Labute approximate surface area is 128 Å². The summed E-state index contributed by atoms with van der Waals surface area (Å²) in [6.45, 7) is 0. The molecule has 0 bridgehead atoms. The lowest BCUT2D eigenvalue weighted by Gasteiger charge is -2.06. The predicted octanol–water partition coefficient (Wildman–Crippen LogP) is 3.96. The van der Waals surface area contributed by atoms with E-state index in [1.165, 1.54) is 16.5 Å². The van der Waals surface area contributed by atoms with Crippen molar-refractivity contribution < 1.29 is 0 Å². The lowest BCUT2D eigenvalue weighted by atomic mass is 10.0. The smallest absolute Gasteiger partial charge is 0.0722 e. The van der Waals surface area contributed by atoms with Gasteiger partial charge in [-0.05, 0) is 47.2 Å². The van der Waals surface area contributed by atoms with Crippen LogP contribution >= 0.6 is 0 Å². The molecule has 0 fully saturated rings. The first-order valence-corrected chi connectivity index (χ1v) is 7.25. The Morgan fingerprint density at radius 3 is 2.77 bits per heavy atom. The lowest BCUT2D eigenvalue weighted by molar-refractivity contribution is 1.17. The van der Waals surface area contributed by atoms with Crippen LogP contribution in [0.15, 0.2) is 67.1 Å². The first-order chi connectivity index (χ1) is 10.8. The highest BCUT2D eigenvalue weighted by Crippen LogP contribution is 2.22. The monoisotopic (exact) mass is 285 g/mol. The second-order valence-corrected chi connectivity index (χ2v) is 5.49.